The van der Waals surface area contributed by atoms with Crippen molar-refractivity contribution in [2.24, 2.45) is 0 Å². The van der Waals surface area contributed by atoms with Crippen LogP contribution in [-0.2, 0) is 0 Å². The van der Waals surface area contributed by atoms with Crippen molar-refractivity contribution in [3.8, 4) is 44.5 Å². The van der Waals surface area contributed by atoms with E-state index in [0.29, 0.717) is 0 Å². The molecule has 0 saturated heterocycles. The second kappa shape index (κ2) is 31.2. The summed E-state index contributed by atoms with van der Waals surface area (Å²) < 4.78 is 0. The number of para-hydroxylation sites is 4. The van der Waals surface area contributed by atoms with E-state index in [9.17, 15) is 0 Å². The molecule has 6 nitrogen and oxygen atoms in total. The zero-order valence-corrected chi connectivity index (χ0v) is 59.6. The zero-order chi connectivity index (χ0) is 72.2. The molecule has 0 aliphatic heterocycles. The molecule has 0 radical (unpaired) electrons. The Morgan fingerprint density at radius 2 is 0.157 bits per heavy atom. The molecule has 6 heteroatoms. The molecule has 0 aromatic heterocycles. The van der Waals surface area contributed by atoms with Gasteiger partial charge in [-0.1, -0.05) is 243 Å². The van der Waals surface area contributed by atoms with Gasteiger partial charge < -0.3 is 29.4 Å². The van der Waals surface area contributed by atoms with Gasteiger partial charge >= 0.3 is 0 Å². The summed E-state index contributed by atoms with van der Waals surface area (Å²) in [6, 6.07) is 165. The maximum atomic E-state index is 2.34. The quantitative estimate of drug-likeness (QED) is 0.0669. The first-order chi connectivity index (χ1) is 53.6. The summed E-state index contributed by atoms with van der Waals surface area (Å²) in [6.07, 6.45) is 0. The zero-order valence-electron chi connectivity index (χ0n) is 59.6. The average molecular weight is 1390 g/mol. The molecule has 0 N–H and O–H groups in total. The third-order valence-corrected chi connectivity index (χ3v) is 19.8. The number of hydrogen-bond acceptors (Lipinski definition) is 6. The van der Waals surface area contributed by atoms with Crippen LogP contribution in [0.5, 0.6) is 0 Å². The first-order valence-electron chi connectivity index (χ1n) is 36.7. The fourth-order valence-electron chi connectivity index (χ4n) is 14.5. The highest BCUT2D eigenvalue weighted by Gasteiger charge is 2.23. The molecule has 514 valence electrons. The maximum Gasteiger partial charge on any atom is 0.0463 e. The number of rotatable bonds is 22. The Labute approximate surface area is 633 Å². The normalized spacial score (nSPS) is 11.0. The fourth-order valence-corrected chi connectivity index (χ4v) is 14.5. The number of hydrogen-bond donors (Lipinski definition) is 0. The second-order valence-electron chi connectivity index (χ2n) is 26.6. The van der Waals surface area contributed by atoms with Crippen LogP contribution in [0.15, 0.2) is 461 Å². The third-order valence-electron chi connectivity index (χ3n) is 19.8. The molecule has 0 aliphatic carbocycles. The summed E-state index contributed by atoms with van der Waals surface area (Å²) >= 11 is 0. The minimum absolute atomic E-state index is 1.03. The lowest BCUT2D eigenvalue weighted by atomic mass is 10.0. The lowest BCUT2D eigenvalue weighted by Gasteiger charge is -2.30. The largest absolute Gasteiger partial charge is 0.311 e. The molecule has 0 atom stereocenters. The second-order valence-corrected chi connectivity index (χ2v) is 26.6. The van der Waals surface area contributed by atoms with Crippen LogP contribution in [0.3, 0.4) is 0 Å². The fraction of sp³-hybridized carbons (Fsp3) is 0. The number of nitrogens with zero attached hydrogens (tertiary/aromatic N) is 6. The Hall–Kier alpha value is -14.5. The lowest BCUT2D eigenvalue weighted by Crippen LogP contribution is -2.14. The van der Waals surface area contributed by atoms with Crippen LogP contribution in [0, 0.1) is 0 Å². The van der Waals surface area contributed by atoms with Crippen molar-refractivity contribution < 1.29 is 0 Å². The van der Waals surface area contributed by atoms with E-state index in [1.54, 1.807) is 0 Å². The van der Waals surface area contributed by atoms with Crippen LogP contribution in [0.1, 0.15) is 0 Å². The molecule has 17 aromatic carbocycles. The van der Waals surface area contributed by atoms with E-state index in [1.807, 2.05) is 0 Å². The van der Waals surface area contributed by atoms with Crippen LogP contribution in [-0.4, -0.2) is 0 Å². The van der Waals surface area contributed by atoms with Gasteiger partial charge in [-0.05, 0) is 263 Å². The first-order valence-corrected chi connectivity index (χ1v) is 36.7. The molecule has 17 rings (SSSR count). The summed E-state index contributed by atoms with van der Waals surface area (Å²) in [4.78, 5) is 14.0. The van der Waals surface area contributed by atoms with Gasteiger partial charge in [-0.2, -0.15) is 0 Å². The molecular formula is C102H76N6. The maximum absolute atomic E-state index is 2.34. The van der Waals surface area contributed by atoms with Crippen LogP contribution in [0.25, 0.3) is 44.5 Å². The van der Waals surface area contributed by atoms with Gasteiger partial charge in [0, 0.05) is 102 Å². The highest BCUT2D eigenvalue weighted by Crippen LogP contribution is 2.46. The topological polar surface area (TPSA) is 19.4 Å². The van der Waals surface area contributed by atoms with Gasteiger partial charge in [0.05, 0.1) is 0 Å². The molecule has 17 aromatic rings. The monoisotopic (exact) mass is 1380 g/mol. The molecule has 0 unspecified atom stereocenters. The predicted octanol–water partition coefficient (Wildman–Crippen LogP) is 29.2. The van der Waals surface area contributed by atoms with Crippen molar-refractivity contribution in [3.63, 3.8) is 0 Å². The summed E-state index contributed by atoms with van der Waals surface area (Å²) in [5.74, 6) is 0. The van der Waals surface area contributed by atoms with Gasteiger partial charge in [-0.25, -0.2) is 0 Å². The average Bonchev–Trinajstić information content (AvgIpc) is 0.786. The first kappa shape index (κ1) is 66.8. The molecule has 0 saturated carbocycles. The van der Waals surface area contributed by atoms with Crippen molar-refractivity contribution in [3.05, 3.63) is 461 Å². The lowest BCUT2D eigenvalue weighted by molar-refractivity contribution is 1.23. The molecular weight excluding hydrogens is 1310 g/mol. The standard InChI is InChI=1S/C102H76N6/c1-9-25-77(26-10-1)81-41-49-89(50-42-81)107(90-51-43-82(44-52-90)78-27-11-2-12-28-78)101-73-69-99(70-74-101)105(87-37-21-7-22-38-87)97-65-61-95(62-66-97)103(85-33-17-5-18-34-85)93-57-59-94(60-58-93)104(86-35-19-6-20-36-86)96-63-67-98(68-64-96)106(88-39-23-8-24-40-88)100-71-75-102(76-72-100)108(91-53-45-83(46-54-91)79-29-13-3-14-30-79)92-55-47-84(48-56-92)80-31-15-4-16-32-80/h1-76H. The summed E-state index contributed by atoms with van der Waals surface area (Å²) in [7, 11) is 0. The van der Waals surface area contributed by atoms with Crippen molar-refractivity contribution in [1.29, 1.82) is 0 Å². The van der Waals surface area contributed by atoms with Gasteiger partial charge in [-0.3, -0.25) is 0 Å². The van der Waals surface area contributed by atoms with Crippen LogP contribution >= 0.6 is 0 Å². The smallest absolute Gasteiger partial charge is 0.0463 e. The van der Waals surface area contributed by atoms with Crippen molar-refractivity contribution in [2.45, 2.75) is 0 Å². The van der Waals surface area contributed by atoms with E-state index in [0.717, 1.165) is 102 Å². The van der Waals surface area contributed by atoms with E-state index < -0.39 is 0 Å². The molecule has 108 heavy (non-hydrogen) atoms. The van der Waals surface area contributed by atoms with Gasteiger partial charge in [0.1, 0.15) is 0 Å². The van der Waals surface area contributed by atoms with E-state index >= 15 is 0 Å². The Morgan fingerprint density at radius 1 is 0.0741 bits per heavy atom. The van der Waals surface area contributed by atoms with E-state index in [-0.39, 0.29) is 0 Å². The molecule has 0 amide bonds. The van der Waals surface area contributed by atoms with Gasteiger partial charge in [0.2, 0.25) is 0 Å². The third kappa shape index (κ3) is 14.5. The van der Waals surface area contributed by atoms with Crippen molar-refractivity contribution >= 4 is 102 Å². The van der Waals surface area contributed by atoms with E-state index in [1.165, 1.54) is 44.5 Å². The highest BCUT2D eigenvalue weighted by atomic mass is 15.2. The summed E-state index contributed by atoms with van der Waals surface area (Å²) in [5.41, 5.74) is 28.3. The van der Waals surface area contributed by atoms with E-state index in [2.05, 4.69) is 490 Å². The van der Waals surface area contributed by atoms with Crippen molar-refractivity contribution in [1.82, 2.24) is 0 Å². The van der Waals surface area contributed by atoms with Crippen LogP contribution < -0.4 is 29.4 Å². The Morgan fingerprint density at radius 3 is 0.278 bits per heavy atom. The minimum atomic E-state index is 1.03. The molecule has 0 fully saturated rings. The van der Waals surface area contributed by atoms with Crippen LogP contribution in [0.2, 0.25) is 0 Å². The molecule has 0 heterocycles. The predicted molar refractivity (Wildman–Crippen MR) is 456 cm³/mol. The van der Waals surface area contributed by atoms with Gasteiger partial charge in [0.15, 0.2) is 0 Å². The minimum Gasteiger partial charge on any atom is -0.311 e. The number of anilines is 18. The molecule has 0 bridgehead atoms. The number of benzene rings is 17. The Kier molecular flexibility index (Phi) is 19.3. The Bertz CT molecular complexity index is 5160. The van der Waals surface area contributed by atoms with E-state index in [4.69, 9.17) is 0 Å². The Balaban J connectivity index is 0.661. The summed E-state index contributed by atoms with van der Waals surface area (Å²) in [6.45, 7) is 0. The molecule has 0 aliphatic rings. The van der Waals surface area contributed by atoms with Crippen molar-refractivity contribution in [2.75, 3.05) is 29.4 Å². The highest BCUT2D eigenvalue weighted by molar-refractivity contribution is 5.89. The SMILES string of the molecule is c1ccc(-c2ccc(N(c3ccc(-c4ccccc4)cc3)c3ccc(N(c4ccccc4)c4ccc(N(c5ccccc5)c5ccc(N(c6ccccc6)c6ccc(N(c7ccccc7)c7ccc(N(c8ccc(-c9ccccc9)cc8)c8ccc(-c9ccccc9)cc8)cc7)cc6)cc5)cc4)cc3)cc2)cc1. The van der Waals surface area contributed by atoms with Gasteiger partial charge in [-0.15, -0.1) is 0 Å². The van der Waals surface area contributed by atoms with Gasteiger partial charge in [0.25, 0.3) is 0 Å². The summed E-state index contributed by atoms with van der Waals surface area (Å²) in [5, 5.41) is 0. The van der Waals surface area contributed by atoms with Crippen LogP contribution in [0.4, 0.5) is 102 Å². The molecule has 0 spiro atoms.